The van der Waals surface area contributed by atoms with Gasteiger partial charge in [-0.1, -0.05) is 30.3 Å². The first-order chi connectivity index (χ1) is 12.1. The van der Waals surface area contributed by atoms with Crippen LogP contribution in [0.1, 0.15) is 30.7 Å². The molecule has 2 amide bonds. The number of aryl methyl sites for hydroxylation is 2. The molecule has 2 heterocycles. The maximum atomic E-state index is 12.3. The van der Waals surface area contributed by atoms with Gasteiger partial charge in [0.25, 0.3) is 0 Å². The number of carbonyl (C=O) groups excluding carboxylic acids is 1. The van der Waals surface area contributed by atoms with Crippen LogP contribution in [0.5, 0.6) is 0 Å². The maximum Gasteiger partial charge on any atom is 0.323 e. The smallest absolute Gasteiger partial charge is 0.323 e. The molecule has 1 aromatic heterocycles. The molecule has 2 N–H and O–H groups in total. The van der Waals surface area contributed by atoms with Gasteiger partial charge in [0.05, 0.1) is 6.10 Å². The van der Waals surface area contributed by atoms with Crippen LogP contribution in [-0.4, -0.2) is 44.6 Å². The molecule has 1 aromatic carbocycles. The van der Waals surface area contributed by atoms with Crippen molar-refractivity contribution in [1.29, 1.82) is 0 Å². The summed E-state index contributed by atoms with van der Waals surface area (Å²) in [7, 11) is 0. The third-order valence-corrected chi connectivity index (χ3v) is 5.41. The van der Waals surface area contributed by atoms with Crippen LogP contribution in [0.25, 0.3) is 0 Å². The minimum absolute atomic E-state index is 0.131. The summed E-state index contributed by atoms with van der Waals surface area (Å²) in [6, 6.07) is 10.1. The fourth-order valence-corrected chi connectivity index (χ4v) is 3.77. The largest absolute Gasteiger partial charge is 0.393 e. The Morgan fingerprint density at radius 2 is 2.08 bits per heavy atom. The summed E-state index contributed by atoms with van der Waals surface area (Å²) in [5, 5.41) is 13.8. The molecule has 7 heteroatoms. The highest BCUT2D eigenvalue weighted by molar-refractivity contribution is 7.09. The molecule has 1 aliphatic rings. The average Bonchev–Trinajstić information content (AvgIpc) is 3.05. The molecule has 25 heavy (non-hydrogen) atoms. The third kappa shape index (κ3) is 4.99. The molecule has 0 aliphatic carbocycles. The summed E-state index contributed by atoms with van der Waals surface area (Å²) in [5.41, 5.74) is 1.26. The Morgan fingerprint density at radius 1 is 1.36 bits per heavy atom. The van der Waals surface area contributed by atoms with Crippen LogP contribution in [0.3, 0.4) is 0 Å². The van der Waals surface area contributed by atoms with Crippen molar-refractivity contribution in [2.24, 2.45) is 5.92 Å². The van der Waals surface area contributed by atoms with E-state index in [4.69, 9.17) is 0 Å². The summed E-state index contributed by atoms with van der Waals surface area (Å²) in [4.78, 5) is 18.2. The van der Waals surface area contributed by atoms with E-state index in [1.165, 1.54) is 17.1 Å². The van der Waals surface area contributed by atoms with Gasteiger partial charge in [-0.3, -0.25) is 5.32 Å². The van der Waals surface area contributed by atoms with Gasteiger partial charge in [-0.2, -0.15) is 4.37 Å². The predicted molar refractivity (Wildman–Crippen MR) is 98.7 cm³/mol. The Kier molecular flexibility index (Phi) is 5.99. The Bertz CT molecular complexity index is 683. The van der Waals surface area contributed by atoms with Crippen LogP contribution in [0.4, 0.5) is 9.93 Å². The number of hydrogen-bond donors (Lipinski definition) is 2. The number of benzene rings is 1. The van der Waals surface area contributed by atoms with Crippen molar-refractivity contribution >= 4 is 22.7 Å². The Morgan fingerprint density at radius 3 is 2.72 bits per heavy atom. The Balaban J connectivity index is 1.42. The standard InChI is InChI=1S/C18H24N4O2S/c1-13-19-17(25-21-13)20-18(24)22-11-9-15(10-12-22)16(23)8-7-14-5-3-2-4-6-14/h2-6,15-16,23H,7-12H2,1H3,(H,19,20,21,24). The Hall–Kier alpha value is -1.99. The fourth-order valence-electron chi connectivity index (χ4n) is 3.20. The van der Waals surface area contributed by atoms with Gasteiger partial charge in [-0.15, -0.1) is 0 Å². The maximum absolute atomic E-state index is 12.3. The van der Waals surface area contributed by atoms with Gasteiger partial charge in [-0.25, -0.2) is 9.78 Å². The van der Waals surface area contributed by atoms with Crippen LogP contribution in [-0.2, 0) is 6.42 Å². The van der Waals surface area contributed by atoms with Crippen LogP contribution in [0.2, 0.25) is 0 Å². The van der Waals surface area contributed by atoms with Gasteiger partial charge < -0.3 is 10.0 Å². The van der Waals surface area contributed by atoms with Gasteiger partial charge >= 0.3 is 6.03 Å². The zero-order valence-electron chi connectivity index (χ0n) is 14.4. The number of hydrogen-bond acceptors (Lipinski definition) is 5. The van der Waals surface area contributed by atoms with Gasteiger partial charge in [0, 0.05) is 24.6 Å². The molecule has 6 nitrogen and oxygen atoms in total. The lowest BCUT2D eigenvalue weighted by atomic mass is 9.88. The third-order valence-electron chi connectivity index (χ3n) is 4.68. The van der Waals surface area contributed by atoms with Crippen molar-refractivity contribution in [1.82, 2.24) is 14.3 Å². The van der Waals surface area contributed by atoms with Gasteiger partial charge in [0.2, 0.25) is 5.13 Å². The first kappa shape index (κ1) is 17.8. The van der Waals surface area contributed by atoms with E-state index < -0.39 is 0 Å². The van der Waals surface area contributed by atoms with Crippen molar-refractivity contribution in [2.45, 2.75) is 38.7 Å². The van der Waals surface area contributed by atoms with Crippen LogP contribution >= 0.6 is 11.5 Å². The number of aromatic nitrogens is 2. The second-order valence-electron chi connectivity index (χ2n) is 6.49. The van der Waals surface area contributed by atoms with E-state index in [0.717, 1.165) is 25.7 Å². The highest BCUT2D eigenvalue weighted by Gasteiger charge is 2.27. The predicted octanol–water partition coefficient (Wildman–Crippen LogP) is 3.08. The first-order valence-electron chi connectivity index (χ1n) is 8.70. The zero-order valence-corrected chi connectivity index (χ0v) is 15.2. The second kappa shape index (κ2) is 8.40. The van der Waals surface area contributed by atoms with Crippen molar-refractivity contribution < 1.29 is 9.90 Å². The normalized spacial score (nSPS) is 16.6. The van der Waals surface area contributed by atoms with E-state index in [0.29, 0.717) is 24.0 Å². The van der Waals surface area contributed by atoms with Crippen molar-refractivity contribution in [3.8, 4) is 0 Å². The summed E-state index contributed by atoms with van der Waals surface area (Å²) in [6.45, 7) is 3.13. The molecule has 1 aliphatic heterocycles. The zero-order chi connectivity index (χ0) is 17.6. The summed E-state index contributed by atoms with van der Waals surface area (Å²) in [5.74, 6) is 0.928. The molecular formula is C18H24N4O2S. The highest BCUT2D eigenvalue weighted by atomic mass is 32.1. The van der Waals surface area contributed by atoms with Crippen molar-refractivity contribution in [2.75, 3.05) is 18.4 Å². The van der Waals surface area contributed by atoms with E-state index in [-0.39, 0.29) is 18.1 Å². The number of amides is 2. The first-order valence-corrected chi connectivity index (χ1v) is 9.47. The number of rotatable bonds is 5. The summed E-state index contributed by atoms with van der Waals surface area (Å²) in [6.07, 6.45) is 3.01. The lowest BCUT2D eigenvalue weighted by Crippen LogP contribution is -2.43. The van der Waals surface area contributed by atoms with Crippen molar-refractivity contribution in [3.63, 3.8) is 0 Å². The SMILES string of the molecule is Cc1nsc(NC(=O)N2CCC(C(O)CCc3ccccc3)CC2)n1. The van der Waals surface area contributed by atoms with Crippen LogP contribution in [0.15, 0.2) is 30.3 Å². The molecule has 0 spiro atoms. The number of nitrogens with zero attached hydrogens (tertiary/aromatic N) is 3. The van der Waals surface area contributed by atoms with Crippen LogP contribution in [0, 0.1) is 12.8 Å². The van der Waals surface area contributed by atoms with E-state index in [9.17, 15) is 9.90 Å². The van der Waals surface area contributed by atoms with E-state index >= 15 is 0 Å². The van der Waals surface area contributed by atoms with Crippen LogP contribution < -0.4 is 5.32 Å². The molecule has 0 bridgehead atoms. The lowest BCUT2D eigenvalue weighted by molar-refractivity contribution is 0.0626. The molecular weight excluding hydrogens is 336 g/mol. The minimum Gasteiger partial charge on any atom is -0.393 e. The van der Waals surface area contributed by atoms with Gasteiger partial charge in [-0.05, 0) is 44.1 Å². The Labute approximate surface area is 152 Å². The number of likely N-dealkylation sites (tertiary alicyclic amines) is 1. The molecule has 3 rings (SSSR count). The number of urea groups is 1. The highest BCUT2D eigenvalue weighted by Crippen LogP contribution is 2.24. The van der Waals surface area contributed by atoms with Gasteiger partial charge in [0.1, 0.15) is 5.82 Å². The number of carbonyl (C=O) groups is 1. The molecule has 1 fully saturated rings. The number of nitrogens with one attached hydrogen (secondary N) is 1. The second-order valence-corrected chi connectivity index (χ2v) is 7.24. The number of aliphatic hydroxyl groups is 1. The van der Waals surface area contributed by atoms with E-state index in [2.05, 4.69) is 26.8 Å². The molecule has 134 valence electrons. The van der Waals surface area contributed by atoms with Crippen molar-refractivity contribution in [3.05, 3.63) is 41.7 Å². The average molecular weight is 360 g/mol. The van der Waals surface area contributed by atoms with E-state index in [1.807, 2.05) is 18.2 Å². The molecule has 2 aromatic rings. The molecule has 0 radical (unpaired) electrons. The summed E-state index contributed by atoms with van der Waals surface area (Å²) < 4.78 is 4.06. The van der Waals surface area contributed by atoms with Gasteiger partial charge in [0.15, 0.2) is 0 Å². The molecule has 1 unspecified atom stereocenters. The monoisotopic (exact) mass is 360 g/mol. The topological polar surface area (TPSA) is 78.4 Å². The number of aliphatic hydroxyl groups excluding tert-OH is 1. The molecule has 0 saturated carbocycles. The number of anilines is 1. The lowest BCUT2D eigenvalue weighted by Gasteiger charge is -2.34. The number of piperidine rings is 1. The molecule has 1 saturated heterocycles. The van der Waals surface area contributed by atoms with E-state index in [1.54, 1.807) is 11.8 Å². The molecule has 1 atom stereocenters. The summed E-state index contributed by atoms with van der Waals surface area (Å²) >= 11 is 1.19. The fraction of sp³-hybridized carbons (Fsp3) is 0.500. The minimum atomic E-state index is -0.309. The quantitative estimate of drug-likeness (QED) is 0.859.